The molecule has 0 saturated heterocycles. The molecule has 0 aliphatic rings. The van der Waals surface area contributed by atoms with Crippen LogP contribution in [0.25, 0.3) is 0 Å². The molecule has 0 aromatic carbocycles. The third kappa shape index (κ3) is 2.91. The van der Waals surface area contributed by atoms with Gasteiger partial charge in [-0.05, 0) is 24.5 Å². The summed E-state index contributed by atoms with van der Waals surface area (Å²) in [4.78, 5) is 4.09. The van der Waals surface area contributed by atoms with Crippen molar-refractivity contribution < 1.29 is 4.74 Å². The third-order valence-corrected chi connectivity index (χ3v) is 1.45. The van der Waals surface area contributed by atoms with Crippen LogP contribution in [0.5, 0.6) is 5.88 Å². The van der Waals surface area contributed by atoms with Gasteiger partial charge in [-0.1, -0.05) is 13.8 Å². The Kier molecular flexibility index (Phi) is 3.09. The average Bonchev–Trinajstić information content (AvgIpc) is 2.01. The van der Waals surface area contributed by atoms with Gasteiger partial charge in [-0.2, -0.15) is 0 Å². The van der Waals surface area contributed by atoms with Crippen molar-refractivity contribution in [2.45, 2.75) is 20.8 Å². The summed E-state index contributed by atoms with van der Waals surface area (Å²) in [6, 6.07) is 3.91. The van der Waals surface area contributed by atoms with Crippen LogP contribution in [-0.4, -0.2) is 11.6 Å². The van der Waals surface area contributed by atoms with Crippen molar-refractivity contribution in [1.82, 2.24) is 4.98 Å². The topological polar surface area (TPSA) is 22.1 Å². The van der Waals surface area contributed by atoms with Crippen molar-refractivity contribution in [2.75, 3.05) is 6.61 Å². The van der Waals surface area contributed by atoms with Gasteiger partial charge in [-0.25, -0.2) is 4.98 Å². The SMILES string of the molecule is Cc1ccnc(OCC(C)C)c1. The molecule has 66 valence electrons. The predicted molar refractivity (Wildman–Crippen MR) is 49.3 cm³/mol. The Labute approximate surface area is 73.6 Å². The summed E-state index contributed by atoms with van der Waals surface area (Å²) in [6.45, 7) is 7.01. The fourth-order valence-electron chi connectivity index (χ4n) is 0.839. The highest BCUT2D eigenvalue weighted by atomic mass is 16.5. The van der Waals surface area contributed by atoms with Gasteiger partial charge in [0.05, 0.1) is 6.61 Å². The molecule has 0 radical (unpaired) electrons. The fourth-order valence-corrected chi connectivity index (χ4v) is 0.839. The maximum Gasteiger partial charge on any atom is 0.213 e. The van der Waals surface area contributed by atoms with Gasteiger partial charge < -0.3 is 4.74 Å². The first kappa shape index (κ1) is 9.04. The van der Waals surface area contributed by atoms with E-state index in [2.05, 4.69) is 18.8 Å². The van der Waals surface area contributed by atoms with Gasteiger partial charge in [0, 0.05) is 12.3 Å². The zero-order valence-electron chi connectivity index (χ0n) is 7.87. The van der Waals surface area contributed by atoms with E-state index in [4.69, 9.17) is 4.74 Å². The summed E-state index contributed by atoms with van der Waals surface area (Å²) in [7, 11) is 0. The van der Waals surface area contributed by atoms with E-state index in [-0.39, 0.29) is 0 Å². The average molecular weight is 165 g/mol. The number of rotatable bonds is 3. The van der Waals surface area contributed by atoms with Gasteiger partial charge in [0.15, 0.2) is 0 Å². The van der Waals surface area contributed by atoms with Crippen molar-refractivity contribution >= 4 is 0 Å². The lowest BCUT2D eigenvalue weighted by atomic mass is 10.2. The molecular formula is C10H15NO. The molecule has 0 N–H and O–H groups in total. The molecule has 0 aliphatic carbocycles. The second-order valence-electron chi connectivity index (χ2n) is 3.38. The van der Waals surface area contributed by atoms with E-state index in [0.717, 1.165) is 12.5 Å². The minimum Gasteiger partial charge on any atom is -0.477 e. The van der Waals surface area contributed by atoms with Gasteiger partial charge in [-0.3, -0.25) is 0 Å². The maximum atomic E-state index is 5.44. The summed E-state index contributed by atoms with van der Waals surface area (Å²) in [5, 5.41) is 0. The Bertz CT molecular complexity index is 245. The molecule has 0 fully saturated rings. The van der Waals surface area contributed by atoms with Crippen molar-refractivity contribution in [2.24, 2.45) is 5.92 Å². The first-order chi connectivity index (χ1) is 5.68. The second-order valence-corrected chi connectivity index (χ2v) is 3.38. The van der Waals surface area contributed by atoms with Crippen molar-refractivity contribution in [1.29, 1.82) is 0 Å². The lowest BCUT2D eigenvalue weighted by Crippen LogP contribution is -2.05. The van der Waals surface area contributed by atoms with Crippen LogP contribution < -0.4 is 4.74 Å². The largest absolute Gasteiger partial charge is 0.477 e. The second kappa shape index (κ2) is 4.10. The molecule has 0 bridgehead atoms. The van der Waals surface area contributed by atoms with E-state index in [1.165, 1.54) is 5.56 Å². The van der Waals surface area contributed by atoms with E-state index in [9.17, 15) is 0 Å². The fraction of sp³-hybridized carbons (Fsp3) is 0.500. The Balaban J connectivity index is 2.52. The number of hydrogen-bond donors (Lipinski definition) is 0. The number of hydrogen-bond acceptors (Lipinski definition) is 2. The number of ether oxygens (including phenoxy) is 1. The smallest absolute Gasteiger partial charge is 0.213 e. The minimum atomic E-state index is 0.548. The van der Waals surface area contributed by atoms with Gasteiger partial charge in [0.25, 0.3) is 0 Å². The Hall–Kier alpha value is -1.05. The van der Waals surface area contributed by atoms with E-state index < -0.39 is 0 Å². The molecular weight excluding hydrogens is 150 g/mol. The van der Waals surface area contributed by atoms with Crippen LogP contribution in [0, 0.1) is 12.8 Å². The lowest BCUT2D eigenvalue weighted by molar-refractivity contribution is 0.261. The van der Waals surface area contributed by atoms with Crippen LogP contribution in [0.1, 0.15) is 19.4 Å². The number of pyridine rings is 1. The first-order valence-electron chi connectivity index (χ1n) is 4.24. The summed E-state index contributed by atoms with van der Waals surface area (Å²) < 4.78 is 5.44. The quantitative estimate of drug-likeness (QED) is 0.686. The summed E-state index contributed by atoms with van der Waals surface area (Å²) in [5.41, 5.74) is 1.18. The van der Waals surface area contributed by atoms with Crippen LogP contribution in [-0.2, 0) is 0 Å². The predicted octanol–water partition coefficient (Wildman–Crippen LogP) is 2.42. The lowest BCUT2D eigenvalue weighted by Gasteiger charge is -2.07. The van der Waals surface area contributed by atoms with Crippen LogP contribution in [0.15, 0.2) is 18.3 Å². The summed E-state index contributed by atoms with van der Waals surface area (Å²) >= 11 is 0. The van der Waals surface area contributed by atoms with Crippen molar-refractivity contribution in [3.63, 3.8) is 0 Å². The van der Waals surface area contributed by atoms with Crippen LogP contribution in [0.3, 0.4) is 0 Å². The van der Waals surface area contributed by atoms with Crippen LogP contribution in [0.4, 0.5) is 0 Å². The first-order valence-corrected chi connectivity index (χ1v) is 4.24. The maximum absolute atomic E-state index is 5.44. The molecule has 2 nitrogen and oxygen atoms in total. The molecule has 0 aliphatic heterocycles. The van der Waals surface area contributed by atoms with Crippen LogP contribution in [0.2, 0.25) is 0 Å². The van der Waals surface area contributed by atoms with Crippen molar-refractivity contribution in [3.05, 3.63) is 23.9 Å². The van der Waals surface area contributed by atoms with Crippen LogP contribution >= 0.6 is 0 Å². The Morgan fingerprint density at radius 3 is 2.83 bits per heavy atom. The summed E-state index contributed by atoms with van der Waals surface area (Å²) in [6.07, 6.45) is 1.77. The molecule has 2 heteroatoms. The van der Waals surface area contributed by atoms with Gasteiger partial charge >= 0.3 is 0 Å². The normalized spacial score (nSPS) is 10.3. The molecule has 0 saturated carbocycles. The number of nitrogens with zero attached hydrogens (tertiary/aromatic N) is 1. The number of aromatic nitrogens is 1. The molecule has 1 rings (SSSR count). The highest BCUT2D eigenvalue weighted by Crippen LogP contribution is 2.08. The number of aryl methyl sites for hydroxylation is 1. The molecule has 0 atom stereocenters. The molecule has 1 heterocycles. The molecule has 12 heavy (non-hydrogen) atoms. The molecule has 1 aromatic rings. The molecule has 0 amide bonds. The molecule has 0 spiro atoms. The van der Waals surface area contributed by atoms with E-state index in [1.54, 1.807) is 6.20 Å². The van der Waals surface area contributed by atoms with E-state index >= 15 is 0 Å². The van der Waals surface area contributed by atoms with Crippen molar-refractivity contribution in [3.8, 4) is 5.88 Å². The third-order valence-electron chi connectivity index (χ3n) is 1.45. The van der Waals surface area contributed by atoms with E-state index in [1.807, 2.05) is 19.1 Å². The minimum absolute atomic E-state index is 0.548. The van der Waals surface area contributed by atoms with Gasteiger partial charge in [0.2, 0.25) is 5.88 Å². The molecule has 0 unspecified atom stereocenters. The van der Waals surface area contributed by atoms with E-state index in [0.29, 0.717) is 5.92 Å². The zero-order valence-corrected chi connectivity index (χ0v) is 7.87. The Morgan fingerprint density at radius 2 is 2.25 bits per heavy atom. The Morgan fingerprint density at radius 1 is 1.50 bits per heavy atom. The standard InChI is InChI=1S/C10H15NO/c1-8(2)7-12-10-6-9(3)4-5-11-10/h4-6,8H,7H2,1-3H3. The van der Waals surface area contributed by atoms with Gasteiger partial charge in [-0.15, -0.1) is 0 Å². The highest BCUT2D eigenvalue weighted by Gasteiger charge is 1.97. The zero-order chi connectivity index (χ0) is 8.97. The highest BCUT2D eigenvalue weighted by molar-refractivity contribution is 5.18. The molecule has 1 aromatic heterocycles. The summed E-state index contributed by atoms with van der Waals surface area (Å²) in [5.74, 6) is 1.27. The van der Waals surface area contributed by atoms with Gasteiger partial charge in [0.1, 0.15) is 0 Å². The monoisotopic (exact) mass is 165 g/mol.